The summed E-state index contributed by atoms with van der Waals surface area (Å²) in [6, 6.07) is 14.3. The zero-order valence-corrected chi connectivity index (χ0v) is 22.9. The van der Waals surface area contributed by atoms with Crippen molar-refractivity contribution >= 4 is 46.0 Å². The summed E-state index contributed by atoms with van der Waals surface area (Å²) >= 11 is 0. The van der Waals surface area contributed by atoms with E-state index in [1.807, 2.05) is 0 Å². The van der Waals surface area contributed by atoms with Crippen molar-refractivity contribution in [3.8, 4) is 0 Å². The second kappa shape index (κ2) is 12.6. The Bertz CT molecular complexity index is 1530. The zero-order chi connectivity index (χ0) is 29.7. The molecule has 10 heteroatoms. The number of ketones is 2. The van der Waals surface area contributed by atoms with Crippen LogP contribution in [0.1, 0.15) is 69.7 Å². The minimum absolute atomic E-state index is 0.0367. The molecule has 4 rings (SSSR count). The smallest absolute Gasteiger partial charge is 0.259 e. The molecule has 5 N–H and O–H groups in total. The lowest BCUT2D eigenvalue weighted by atomic mass is 9.84. The van der Waals surface area contributed by atoms with Crippen LogP contribution in [0.4, 0.5) is 0 Å². The van der Waals surface area contributed by atoms with Crippen molar-refractivity contribution in [2.45, 2.75) is 57.7 Å². The highest BCUT2D eigenvalue weighted by Gasteiger charge is 2.32. The van der Waals surface area contributed by atoms with Crippen LogP contribution in [0.3, 0.4) is 0 Å². The van der Waals surface area contributed by atoms with E-state index in [2.05, 4.69) is 16.0 Å². The van der Waals surface area contributed by atoms with Crippen molar-refractivity contribution in [1.82, 2.24) is 16.0 Å². The van der Waals surface area contributed by atoms with E-state index in [0.717, 1.165) is 0 Å². The molecule has 41 heavy (non-hydrogen) atoms. The SMILES string of the molecule is C[C@H](N)C(=O)N[C@@H](C)C(=O)N[C@@H](Cc1ccccc1)C(=O)NC(=O)c1c2cc3ccccc3c1C(=O)CCCC2=O. The predicted octanol–water partition coefficient (Wildman–Crippen LogP) is 2.22. The molecule has 0 radical (unpaired) electrons. The zero-order valence-electron chi connectivity index (χ0n) is 22.9. The molecular formula is C31H32N4O6. The Morgan fingerprint density at radius 2 is 1.49 bits per heavy atom. The van der Waals surface area contributed by atoms with Gasteiger partial charge in [-0.3, -0.25) is 34.1 Å². The Labute approximate surface area is 237 Å². The minimum Gasteiger partial charge on any atom is -0.343 e. The van der Waals surface area contributed by atoms with Crippen molar-refractivity contribution in [3.63, 3.8) is 0 Å². The topological polar surface area (TPSA) is 165 Å². The van der Waals surface area contributed by atoms with Crippen LogP contribution < -0.4 is 21.7 Å². The van der Waals surface area contributed by atoms with E-state index < -0.39 is 41.8 Å². The molecule has 0 saturated heterocycles. The normalized spacial score (nSPS) is 15.2. The van der Waals surface area contributed by atoms with Gasteiger partial charge in [-0.25, -0.2) is 0 Å². The summed E-state index contributed by atoms with van der Waals surface area (Å²) < 4.78 is 0. The van der Waals surface area contributed by atoms with E-state index in [1.165, 1.54) is 13.8 Å². The first-order chi connectivity index (χ1) is 19.6. The van der Waals surface area contributed by atoms with Crippen LogP contribution in [0.15, 0.2) is 60.7 Å². The third kappa shape index (κ3) is 6.72. The summed E-state index contributed by atoms with van der Waals surface area (Å²) in [5.41, 5.74) is 6.31. The van der Waals surface area contributed by atoms with Gasteiger partial charge in [0.05, 0.1) is 11.6 Å². The third-order valence-corrected chi connectivity index (χ3v) is 6.98. The van der Waals surface area contributed by atoms with Crippen LogP contribution >= 0.6 is 0 Å². The van der Waals surface area contributed by atoms with E-state index in [9.17, 15) is 28.8 Å². The summed E-state index contributed by atoms with van der Waals surface area (Å²) in [4.78, 5) is 78.3. The fourth-order valence-electron chi connectivity index (χ4n) is 4.79. The van der Waals surface area contributed by atoms with Gasteiger partial charge in [0.25, 0.3) is 5.91 Å². The standard InChI is InChI=1S/C31H32N4O6/c1-17(32)28(38)33-18(2)29(39)34-23(15-19-9-4-3-5-10-19)30(40)35-31(41)27-22-16-20-11-6-7-12-21(20)26(27)25(37)14-8-13-24(22)36/h3-7,9-12,16-18,23H,8,13-15,32H2,1-2H3,(H,33,38)(H,34,39)(H,35,40,41)/t17-,18-,23-/m0/s1. The number of amides is 4. The number of rotatable bonds is 8. The molecule has 0 fully saturated rings. The molecule has 0 saturated carbocycles. The van der Waals surface area contributed by atoms with E-state index in [4.69, 9.17) is 5.73 Å². The quantitative estimate of drug-likeness (QED) is 0.330. The molecular weight excluding hydrogens is 524 g/mol. The van der Waals surface area contributed by atoms with Gasteiger partial charge in [-0.2, -0.15) is 0 Å². The van der Waals surface area contributed by atoms with Gasteiger partial charge < -0.3 is 16.4 Å². The Morgan fingerprint density at radius 1 is 0.829 bits per heavy atom. The van der Waals surface area contributed by atoms with Crippen LogP contribution in [0.2, 0.25) is 0 Å². The van der Waals surface area contributed by atoms with Crippen LogP contribution in [-0.2, 0) is 20.8 Å². The van der Waals surface area contributed by atoms with Crippen LogP contribution in [0, 0.1) is 0 Å². The molecule has 0 aromatic heterocycles. The minimum atomic E-state index is -1.21. The van der Waals surface area contributed by atoms with Crippen molar-refractivity contribution in [2.75, 3.05) is 0 Å². The maximum absolute atomic E-state index is 13.7. The van der Waals surface area contributed by atoms with Gasteiger partial charge >= 0.3 is 0 Å². The first kappa shape index (κ1) is 29.3. The summed E-state index contributed by atoms with van der Waals surface area (Å²) in [7, 11) is 0. The fraction of sp³-hybridized carbons (Fsp3) is 0.290. The van der Waals surface area contributed by atoms with E-state index >= 15 is 0 Å². The Balaban J connectivity index is 1.66. The first-order valence-corrected chi connectivity index (χ1v) is 13.4. The molecule has 10 nitrogen and oxygen atoms in total. The van der Waals surface area contributed by atoms with Gasteiger partial charge in [-0.05, 0) is 42.7 Å². The Hall–Kier alpha value is -4.70. The molecule has 1 aliphatic rings. The Morgan fingerprint density at radius 3 is 2.20 bits per heavy atom. The van der Waals surface area contributed by atoms with E-state index in [-0.39, 0.29) is 47.5 Å². The van der Waals surface area contributed by atoms with Gasteiger partial charge in [0.2, 0.25) is 17.7 Å². The summed E-state index contributed by atoms with van der Waals surface area (Å²) in [6.07, 6.45) is 0.576. The third-order valence-electron chi connectivity index (χ3n) is 6.98. The van der Waals surface area contributed by atoms with Gasteiger partial charge in [0, 0.05) is 30.4 Å². The maximum atomic E-state index is 13.7. The molecule has 1 aliphatic carbocycles. The predicted molar refractivity (Wildman–Crippen MR) is 152 cm³/mol. The van der Waals surface area contributed by atoms with Gasteiger partial charge in [0.1, 0.15) is 12.1 Å². The van der Waals surface area contributed by atoms with E-state index in [0.29, 0.717) is 22.8 Å². The average Bonchev–Trinajstić information content (AvgIpc) is 2.95. The first-order valence-electron chi connectivity index (χ1n) is 13.4. The molecule has 3 aromatic rings. The number of Topliss-reactive ketones (excluding diaryl/α,β-unsaturated/α-hetero) is 2. The Kier molecular flexibility index (Phi) is 9.04. The molecule has 212 valence electrons. The molecule has 0 spiro atoms. The monoisotopic (exact) mass is 556 g/mol. The largest absolute Gasteiger partial charge is 0.343 e. The highest BCUT2D eigenvalue weighted by molar-refractivity contribution is 6.24. The highest BCUT2D eigenvalue weighted by Crippen LogP contribution is 2.31. The van der Waals surface area contributed by atoms with Gasteiger partial charge in [0.15, 0.2) is 11.6 Å². The van der Waals surface area contributed by atoms with Crippen LogP contribution in [0.25, 0.3) is 10.8 Å². The lowest BCUT2D eigenvalue weighted by Gasteiger charge is -2.23. The van der Waals surface area contributed by atoms with Gasteiger partial charge in [-0.1, -0.05) is 54.6 Å². The number of fused-ring (bicyclic) bond motifs is 4. The maximum Gasteiger partial charge on any atom is 0.259 e. The van der Waals surface area contributed by atoms with E-state index in [1.54, 1.807) is 60.7 Å². The number of nitrogens with one attached hydrogen (secondary N) is 3. The number of imide groups is 1. The van der Waals surface area contributed by atoms with Crippen molar-refractivity contribution in [2.24, 2.45) is 5.73 Å². The number of carbonyl (C=O) groups excluding carboxylic acids is 6. The molecule has 4 amide bonds. The lowest BCUT2D eigenvalue weighted by molar-refractivity contribution is -0.131. The molecule has 0 aliphatic heterocycles. The second-order valence-electron chi connectivity index (χ2n) is 10.2. The number of nitrogens with two attached hydrogens (primary N) is 1. The summed E-state index contributed by atoms with van der Waals surface area (Å²) in [6.45, 7) is 2.92. The van der Waals surface area contributed by atoms with Crippen molar-refractivity contribution in [1.29, 1.82) is 0 Å². The lowest BCUT2D eigenvalue weighted by Crippen LogP contribution is -2.55. The molecule has 2 bridgehead atoms. The second-order valence-corrected chi connectivity index (χ2v) is 10.2. The van der Waals surface area contributed by atoms with Crippen LogP contribution in [0.5, 0.6) is 0 Å². The molecule has 3 aromatic carbocycles. The fourth-order valence-corrected chi connectivity index (χ4v) is 4.79. The summed E-state index contributed by atoms with van der Waals surface area (Å²) in [5.74, 6) is -3.52. The summed E-state index contributed by atoms with van der Waals surface area (Å²) in [5, 5.41) is 8.55. The average molecular weight is 557 g/mol. The van der Waals surface area contributed by atoms with Gasteiger partial charge in [-0.15, -0.1) is 0 Å². The van der Waals surface area contributed by atoms with Crippen LogP contribution in [-0.4, -0.2) is 53.3 Å². The number of hydrogen-bond donors (Lipinski definition) is 4. The molecule has 0 heterocycles. The molecule has 0 unspecified atom stereocenters. The number of hydrogen-bond acceptors (Lipinski definition) is 7. The number of benzene rings is 3. The number of carbonyl (C=O) groups is 6. The van der Waals surface area contributed by atoms with Crippen molar-refractivity contribution in [3.05, 3.63) is 82.9 Å². The highest BCUT2D eigenvalue weighted by atomic mass is 16.2. The molecule has 3 atom stereocenters. The van der Waals surface area contributed by atoms with Crippen molar-refractivity contribution < 1.29 is 28.8 Å².